The Morgan fingerprint density at radius 3 is 2.62 bits per heavy atom. The van der Waals surface area contributed by atoms with E-state index in [2.05, 4.69) is 21.8 Å². The number of hydrogen-bond acceptors (Lipinski definition) is 6. The summed E-state index contributed by atoms with van der Waals surface area (Å²) in [6, 6.07) is -0.226. The molecule has 0 bridgehead atoms. The van der Waals surface area contributed by atoms with E-state index < -0.39 is 9.84 Å². The van der Waals surface area contributed by atoms with E-state index in [9.17, 15) is 13.2 Å². The van der Waals surface area contributed by atoms with Gasteiger partial charge in [-0.25, -0.2) is 18.4 Å². The Hall–Kier alpha value is -1.70. The highest BCUT2D eigenvalue weighted by atomic mass is 32.2. The Morgan fingerprint density at radius 2 is 1.96 bits per heavy atom. The average Bonchev–Trinajstić information content (AvgIpc) is 3.07. The van der Waals surface area contributed by atoms with Gasteiger partial charge in [0, 0.05) is 25.3 Å². The van der Waals surface area contributed by atoms with Gasteiger partial charge >= 0.3 is 0 Å². The van der Waals surface area contributed by atoms with E-state index in [1.807, 2.05) is 0 Å². The third-order valence-corrected chi connectivity index (χ3v) is 7.13. The highest BCUT2D eigenvalue weighted by molar-refractivity contribution is 7.91. The minimum Gasteiger partial charge on any atom is -0.341 e. The second kappa shape index (κ2) is 5.68. The van der Waals surface area contributed by atoms with Crippen molar-refractivity contribution in [2.75, 3.05) is 29.5 Å². The van der Waals surface area contributed by atoms with Crippen LogP contribution in [0.2, 0.25) is 0 Å². The maximum absolute atomic E-state index is 12.6. The summed E-state index contributed by atoms with van der Waals surface area (Å²) in [5, 5.41) is 0. The third-order valence-electron chi connectivity index (χ3n) is 5.38. The molecule has 1 atom stereocenters. The summed E-state index contributed by atoms with van der Waals surface area (Å²) >= 11 is 0. The van der Waals surface area contributed by atoms with Crippen LogP contribution >= 0.6 is 0 Å². The molecule has 2 fully saturated rings. The van der Waals surface area contributed by atoms with Crippen LogP contribution in [-0.4, -0.2) is 59.8 Å². The maximum Gasteiger partial charge on any atom is 0.257 e. The normalized spacial score (nSPS) is 26.9. The lowest BCUT2D eigenvalue weighted by Gasteiger charge is -2.30. The van der Waals surface area contributed by atoms with Crippen LogP contribution in [0.25, 0.3) is 0 Å². The monoisotopic (exact) mass is 350 g/mol. The standard InChI is InChI=1S/C16H22N4O3S/c1-11-2-5-19(6-3-11)16-17-8-13-14(18-16)9-20(15(13)21)12-4-7-24(22,23)10-12/h8,11-12H,2-7,9-10H2,1H3/t12-/m0/s1. The topological polar surface area (TPSA) is 83.5 Å². The molecule has 0 saturated carbocycles. The summed E-state index contributed by atoms with van der Waals surface area (Å²) in [5.41, 5.74) is 1.25. The summed E-state index contributed by atoms with van der Waals surface area (Å²) in [5.74, 6) is 1.52. The molecule has 2 saturated heterocycles. The average molecular weight is 350 g/mol. The zero-order valence-electron chi connectivity index (χ0n) is 13.8. The lowest BCUT2D eigenvalue weighted by molar-refractivity contribution is 0.0721. The van der Waals surface area contributed by atoms with Crippen molar-refractivity contribution in [2.24, 2.45) is 5.92 Å². The van der Waals surface area contributed by atoms with Crippen molar-refractivity contribution in [3.8, 4) is 0 Å². The molecule has 4 rings (SSSR count). The number of hydrogen-bond donors (Lipinski definition) is 0. The van der Waals surface area contributed by atoms with Crippen LogP contribution in [0, 0.1) is 5.92 Å². The van der Waals surface area contributed by atoms with Gasteiger partial charge in [-0.3, -0.25) is 4.79 Å². The molecule has 1 amide bonds. The molecule has 0 N–H and O–H groups in total. The minimum absolute atomic E-state index is 0.0665. The molecule has 3 aliphatic heterocycles. The quantitative estimate of drug-likeness (QED) is 0.786. The molecule has 0 aliphatic carbocycles. The molecule has 8 heteroatoms. The summed E-state index contributed by atoms with van der Waals surface area (Å²) in [6.45, 7) is 4.54. The van der Waals surface area contributed by atoms with Gasteiger partial charge < -0.3 is 9.80 Å². The first-order valence-electron chi connectivity index (χ1n) is 8.55. The number of fused-ring (bicyclic) bond motifs is 1. The largest absolute Gasteiger partial charge is 0.341 e. The second-order valence-electron chi connectivity index (χ2n) is 7.19. The van der Waals surface area contributed by atoms with Crippen LogP contribution in [0.5, 0.6) is 0 Å². The van der Waals surface area contributed by atoms with Crippen molar-refractivity contribution < 1.29 is 13.2 Å². The molecule has 130 valence electrons. The Bertz CT molecular complexity index is 772. The van der Waals surface area contributed by atoms with Crippen LogP contribution in [0.4, 0.5) is 5.95 Å². The van der Waals surface area contributed by atoms with Gasteiger partial charge in [0.25, 0.3) is 5.91 Å². The summed E-state index contributed by atoms with van der Waals surface area (Å²) in [7, 11) is -3.01. The Kier molecular flexibility index (Phi) is 3.74. The fourth-order valence-electron chi connectivity index (χ4n) is 3.77. The molecule has 3 aliphatic rings. The molecule has 0 unspecified atom stereocenters. The van der Waals surface area contributed by atoms with Gasteiger partial charge in [0.05, 0.1) is 29.3 Å². The Morgan fingerprint density at radius 1 is 1.21 bits per heavy atom. The molecule has 4 heterocycles. The summed E-state index contributed by atoms with van der Waals surface area (Å²) in [6.07, 6.45) is 4.39. The van der Waals surface area contributed by atoms with Crippen LogP contribution in [0.3, 0.4) is 0 Å². The van der Waals surface area contributed by atoms with Crippen molar-refractivity contribution >= 4 is 21.7 Å². The fraction of sp³-hybridized carbons (Fsp3) is 0.688. The molecule has 24 heavy (non-hydrogen) atoms. The SMILES string of the molecule is CC1CCN(c2ncc3c(n2)CN([C@H]2CCS(=O)(=O)C2)C3=O)CC1. The van der Waals surface area contributed by atoms with Gasteiger partial charge in [0.1, 0.15) is 0 Å². The highest BCUT2D eigenvalue weighted by Crippen LogP contribution is 2.29. The van der Waals surface area contributed by atoms with Gasteiger partial charge in [-0.05, 0) is 25.2 Å². The van der Waals surface area contributed by atoms with Crippen LogP contribution in [0.15, 0.2) is 6.20 Å². The predicted octanol–water partition coefficient (Wildman–Crippen LogP) is 0.856. The van der Waals surface area contributed by atoms with Gasteiger partial charge in [-0.1, -0.05) is 6.92 Å². The van der Waals surface area contributed by atoms with Crippen molar-refractivity contribution in [3.05, 3.63) is 17.5 Å². The zero-order valence-corrected chi connectivity index (χ0v) is 14.6. The zero-order chi connectivity index (χ0) is 16.9. The number of anilines is 1. The summed E-state index contributed by atoms with van der Waals surface area (Å²) < 4.78 is 23.4. The Labute approximate surface area is 142 Å². The maximum atomic E-state index is 12.6. The summed E-state index contributed by atoms with van der Waals surface area (Å²) in [4.78, 5) is 25.4. The van der Waals surface area contributed by atoms with Crippen LogP contribution in [-0.2, 0) is 16.4 Å². The van der Waals surface area contributed by atoms with Crippen molar-refractivity contribution in [2.45, 2.75) is 38.8 Å². The van der Waals surface area contributed by atoms with E-state index in [0.29, 0.717) is 24.5 Å². The third kappa shape index (κ3) is 2.76. The van der Waals surface area contributed by atoms with E-state index in [1.54, 1.807) is 11.1 Å². The number of sulfone groups is 1. The predicted molar refractivity (Wildman–Crippen MR) is 89.6 cm³/mol. The number of rotatable bonds is 2. The number of carbonyl (C=O) groups excluding carboxylic acids is 1. The molecule has 1 aromatic rings. The van der Waals surface area contributed by atoms with Gasteiger partial charge in [0.15, 0.2) is 9.84 Å². The molecule has 0 radical (unpaired) electrons. The number of nitrogens with zero attached hydrogens (tertiary/aromatic N) is 4. The molecular formula is C16H22N4O3S. The number of piperidine rings is 1. The van der Waals surface area contributed by atoms with Gasteiger partial charge in [-0.2, -0.15) is 0 Å². The molecule has 0 spiro atoms. The number of amides is 1. The lowest BCUT2D eigenvalue weighted by atomic mass is 10.00. The van der Waals surface area contributed by atoms with E-state index in [4.69, 9.17) is 0 Å². The molecular weight excluding hydrogens is 328 g/mol. The first-order valence-corrected chi connectivity index (χ1v) is 10.4. The lowest BCUT2D eigenvalue weighted by Crippen LogP contribution is -2.36. The van der Waals surface area contributed by atoms with Crippen molar-refractivity contribution in [1.82, 2.24) is 14.9 Å². The molecule has 1 aromatic heterocycles. The van der Waals surface area contributed by atoms with E-state index >= 15 is 0 Å². The second-order valence-corrected chi connectivity index (χ2v) is 9.42. The smallest absolute Gasteiger partial charge is 0.257 e. The number of aromatic nitrogens is 2. The van der Waals surface area contributed by atoms with Crippen LogP contribution in [0.1, 0.15) is 42.2 Å². The highest BCUT2D eigenvalue weighted by Gasteiger charge is 2.40. The number of carbonyl (C=O) groups is 1. The first-order chi connectivity index (χ1) is 11.4. The van der Waals surface area contributed by atoms with Crippen molar-refractivity contribution in [1.29, 1.82) is 0 Å². The van der Waals surface area contributed by atoms with E-state index in [0.717, 1.165) is 37.5 Å². The van der Waals surface area contributed by atoms with Gasteiger partial charge in [-0.15, -0.1) is 0 Å². The fourth-order valence-corrected chi connectivity index (χ4v) is 5.50. The Balaban J connectivity index is 1.53. The molecule has 0 aromatic carbocycles. The molecule has 7 nitrogen and oxygen atoms in total. The van der Waals surface area contributed by atoms with Crippen molar-refractivity contribution in [3.63, 3.8) is 0 Å². The van der Waals surface area contributed by atoms with E-state index in [-0.39, 0.29) is 23.5 Å². The first kappa shape index (κ1) is 15.8. The van der Waals surface area contributed by atoms with Crippen LogP contribution < -0.4 is 4.90 Å². The van der Waals surface area contributed by atoms with E-state index in [1.165, 1.54) is 0 Å². The minimum atomic E-state index is -3.01. The van der Waals surface area contributed by atoms with Gasteiger partial charge in [0.2, 0.25) is 5.95 Å².